The quantitative estimate of drug-likeness (QED) is 0.726. The minimum Gasteiger partial charge on any atom is -0.469 e. The molecule has 0 saturated carbocycles. The topological polar surface area (TPSA) is 26.3 Å². The lowest BCUT2D eigenvalue weighted by molar-refractivity contribution is -0.140. The fourth-order valence-electron chi connectivity index (χ4n) is 1.10. The van der Waals surface area contributed by atoms with Gasteiger partial charge in [0.15, 0.2) is 0 Å². The molecule has 1 aromatic rings. The second kappa shape index (κ2) is 4.96. The zero-order valence-corrected chi connectivity index (χ0v) is 8.47. The Morgan fingerprint density at radius 1 is 1.50 bits per heavy atom. The van der Waals surface area contributed by atoms with Gasteiger partial charge in [-0.3, -0.25) is 4.79 Å². The summed E-state index contributed by atoms with van der Waals surface area (Å²) in [5.41, 5.74) is 0.695. The fourth-order valence-corrected chi connectivity index (χ4v) is 1.35. The second-order valence-corrected chi connectivity index (χ2v) is 3.29. The summed E-state index contributed by atoms with van der Waals surface area (Å²) in [7, 11) is 1.32. The lowest BCUT2D eigenvalue weighted by Crippen LogP contribution is -2.02. The van der Waals surface area contributed by atoms with Gasteiger partial charge in [-0.2, -0.15) is 0 Å². The van der Waals surface area contributed by atoms with Crippen molar-refractivity contribution < 1.29 is 13.9 Å². The molecule has 0 aliphatic rings. The molecule has 0 radical (unpaired) electrons. The van der Waals surface area contributed by atoms with Gasteiger partial charge in [-0.15, -0.1) is 0 Å². The molecule has 76 valence electrons. The summed E-state index contributed by atoms with van der Waals surface area (Å²) < 4.78 is 17.3. The maximum absolute atomic E-state index is 12.8. The molecular weight excluding hydrogens is 207 g/mol. The number of hydrogen-bond donors (Lipinski definition) is 0. The van der Waals surface area contributed by atoms with Crippen LogP contribution in [-0.4, -0.2) is 13.1 Å². The fraction of sp³-hybridized carbons (Fsp3) is 0.300. The van der Waals surface area contributed by atoms with E-state index in [1.54, 1.807) is 6.07 Å². The molecule has 4 heteroatoms. The van der Waals surface area contributed by atoms with Gasteiger partial charge in [0.2, 0.25) is 0 Å². The van der Waals surface area contributed by atoms with E-state index in [0.717, 1.165) is 0 Å². The van der Waals surface area contributed by atoms with Gasteiger partial charge in [0.1, 0.15) is 5.82 Å². The Morgan fingerprint density at radius 2 is 2.21 bits per heavy atom. The van der Waals surface area contributed by atoms with E-state index in [0.29, 0.717) is 17.0 Å². The Morgan fingerprint density at radius 3 is 2.79 bits per heavy atom. The second-order valence-electron chi connectivity index (χ2n) is 2.85. The first kappa shape index (κ1) is 11.0. The number of aryl methyl sites for hydroxylation is 1. The molecule has 14 heavy (non-hydrogen) atoms. The van der Waals surface area contributed by atoms with Crippen molar-refractivity contribution in [1.29, 1.82) is 0 Å². The Kier molecular flexibility index (Phi) is 3.89. The van der Waals surface area contributed by atoms with E-state index >= 15 is 0 Å². The molecule has 0 heterocycles. The summed E-state index contributed by atoms with van der Waals surface area (Å²) in [5.74, 6) is -0.706. The third-order valence-electron chi connectivity index (χ3n) is 1.77. The first-order valence-corrected chi connectivity index (χ1v) is 4.51. The van der Waals surface area contributed by atoms with Gasteiger partial charge in [-0.1, -0.05) is 11.6 Å². The third kappa shape index (κ3) is 3.34. The Balaban J connectivity index is 2.63. The zero-order chi connectivity index (χ0) is 10.6. The number of esters is 1. The summed E-state index contributed by atoms with van der Waals surface area (Å²) in [6, 6.07) is 4.21. The molecule has 0 bridgehead atoms. The molecule has 0 fully saturated rings. The van der Waals surface area contributed by atoms with E-state index in [-0.39, 0.29) is 12.4 Å². The monoisotopic (exact) mass is 216 g/mol. The number of carbonyl (C=O) groups excluding carboxylic acids is 1. The normalized spacial score (nSPS) is 9.93. The number of halogens is 2. The number of methoxy groups -OCH3 is 1. The van der Waals surface area contributed by atoms with E-state index in [1.165, 1.54) is 19.2 Å². The van der Waals surface area contributed by atoms with Gasteiger partial charge in [0, 0.05) is 11.4 Å². The van der Waals surface area contributed by atoms with Crippen molar-refractivity contribution >= 4 is 17.6 Å². The molecule has 1 aromatic carbocycles. The molecular formula is C10H10ClFO2. The van der Waals surface area contributed by atoms with Gasteiger partial charge in [0.25, 0.3) is 0 Å². The maximum Gasteiger partial charge on any atom is 0.305 e. The van der Waals surface area contributed by atoms with Crippen LogP contribution in [0, 0.1) is 5.82 Å². The van der Waals surface area contributed by atoms with Crippen LogP contribution < -0.4 is 0 Å². The van der Waals surface area contributed by atoms with Gasteiger partial charge in [0.05, 0.1) is 7.11 Å². The van der Waals surface area contributed by atoms with E-state index in [4.69, 9.17) is 11.6 Å². The predicted octanol–water partition coefficient (Wildman–Crippen LogP) is 2.58. The molecule has 2 nitrogen and oxygen atoms in total. The number of carbonyl (C=O) groups is 1. The molecule has 1 rings (SSSR count). The lowest BCUT2D eigenvalue weighted by Gasteiger charge is -2.01. The lowest BCUT2D eigenvalue weighted by atomic mass is 10.1. The highest BCUT2D eigenvalue weighted by Crippen LogP contribution is 2.15. The van der Waals surface area contributed by atoms with Crippen LogP contribution in [0.1, 0.15) is 12.0 Å². The van der Waals surface area contributed by atoms with Gasteiger partial charge in [-0.05, 0) is 30.2 Å². The summed E-state index contributed by atoms with van der Waals surface area (Å²) in [5, 5.41) is 0.338. The Labute approximate surface area is 86.6 Å². The van der Waals surface area contributed by atoms with Crippen molar-refractivity contribution in [2.45, 2.75) is 12.8 Å². The standard InChI is InChI=1S/C10H10ClFO2/c1-14-10(13)3-2-7-4-8(11)6-9(12)5-7/h4-6H,2-3H2,1H3. The molecule has 0 aliphatic carbocycles. The van der Waals surface area contributed by atoms with E-state index in [2.05, 4.69) is 4.74 Å². The Bertz CT molecular complexity index is 319. The molecule has 0 aliphatic heterocycles. The highest BCUT2D eigenvalue weighted by atomic mass is 35.5. The molecule has 0 spiro atoms. The van der Waals surface area contributed by atoms with Crippen molar-refractivity contribution in [2.24, 2.45) is 0 Å². The van der Waals surface area contributed by atoms with Gasteiger partial charge >= 0.3 is 5.97 Å². The van der Waals surface area contributed by atoms with Crippen LogP contribution >= 0.6 is 11.6 Å². The Hall–Kier alpha value is -1.09. The third-order valence-corrected chi connectivity index (χ3v) is 1.99. The summed E-state index contributed by atoms with van der Waals surface area (Å²) in [6.45, 7) is 0. The smallest absolute Gasteiger partial charge is 0.305 e. The van der Waals surface area contributed by atoms with Crippen LogP contribution in [-0.2, 0) is 16.0 Å². The maximum atomic E-state index is 12.8. The van der Waals surface area contributed by atoms with Crippen LogP contribution in [0.4, 0.5) is 4.39 Å². The average Bonchev–Trinajstić information content (AvgIpc) is 2.12. The molecule has 0 atom stereocenters. The van der Waals surface area contributed by atoms with E-state index in [1.807, 2.05) is 0 Å². The summed E-state index contributed by atoms with van der Waals surface area (Å²) >= 11 is 5.64. The van der Waals surface area contributed by atoms with Crippen molar-refractivity contribution in [1.82, 2.24) is 0 Å². The molecule has 0 aromatic heterocycles. The zero-order valence-electron chi connectivity index (χ0n) is 7.72. The number of rotatable bonds is 3. The van der Waals surface area contributed by atoms with Crippen LogP contribution in [0.3, 0.4) is 0 Å². The molecule has 0 saturated heterocycles. The van der Waals surface area contributed by atoms with Crippen molar-refractivity contribution in [3.8, 4) is 0 Å². The molecule has 0 amide bonds. The van der Waals surface area contributed by atoms with Crippen molar-refractivity contribution in [3.05, 3.63) is 34.6 Å². The summed E-state index contributed by atoms with van der Waals surface area (Å²) in [4.78, 5) is 10.8. The van der Waals surface area contributed by atoms with Gasteiger partial charge in [-0.25, -0.2) is 4.39 Å². The number of benzene rings is 1. The number of hydrogen-bond acceptors (Lipinski definition) is 2. The van der Waals surface area contributed by atoms with Crippen molar-refractivity contribution in [3.63, 3.8) is 0 Å². The average molecular weight is 217 g/mol. The summed E-state index contributed by atoms with van der Waals surface area (Å²) in [6.07, 6.45) is 0.667. The van der Waals surface area contributed by atoms with E-state index < -0.39 is 5.82 Å². The minimum atomic E-state index is -0.391. The van der Waals surface area contributed by atoms with E-state index in [9.17, 15) is 9.18 Å². The first-order valence-electron chi connectivity index (χ1n) is 4.13. The van der Waals surface area contributed by atoms with Crippen LogP contribution in [0.5, 0.6) is 0 Å². The predicted molar refractivity (Wildman–Crippen MR) is 51.7 cm³/mol. The SMILES string of the molecule is COC(=O)CCc1cc(F)cc(Cl)c1. The highest BCUT2D eigenvalue weighted by Gasteiger charge is 2.03. The number of ether oxygens (including phenoxy) is 1. The minimum absolute atomic E-state index is 0.232. The largest absolute Gasteiger partial charge is 0.469 e. The van der Waals surface area contributed by atoms with Crippen molar-refractivity contribution in [2.75, 3.05) is 7.11 Å². The van der Waals surface area contributed by atoms with Crippen LogP contribution in [0.15, 0.2) is 18.2 Å². The molecule has 0 N–H and O–H groups in total. The van der Waals surface area contributed by atoms with Crippen LogP contribution in [0.25, 0.3) is 0 Å². The molecule has 0 unspecified atom stereocenters. The van der Waals surface area contributed by atoms with Gasteiger partial charge < -0.3 is 4.74 Å². The highest BCUT2D eigenvalue weighted by molar-refractivity contribution is 6.30. The first-order chi connectivity index (χ1) is 6.61. The van der Waals surface area contributed by atoms with Crippen LogP contribution in [0.2, 0.25) is 5.02 Å².